The lowest BCUT2D eigenvalue weighted by Crippen LogP contribution is -2.10. The minimum Gasteiger partial charge on any atom is -0.456 e. The number of oxazole rings is 1. The van der Waals surface area contributed by atoms with Gasteiger partial charge in [0.05, 0.1) is 11.1 Å². The van der Waals surface area contributed by atoms with Crippen molar-refractivity contribution < 1.29 is 8.83 Å². The molecule has 2 heterocycles. The molecule has 4 heteroatoms. The summed E-state index contributed by atoms with van der Waals surface area (Å²) in [4.78, 5) is 7.22. The number of rotatable bonds is 6. The van der Waals surface area contributed by atoms with E-state index in [2.05, 4.69) is 150 Å². The summed E-state index contributed by atoms with van der Waals surface area (Å²) >= 11 is 0. The van der Waals surface area contributed by atoms with Gasteiger partial charge in [-0.25, -0.2) is 4.98 Å². The molecule has 4 nitrogen and oxygen atoms in total. The number of furan rings is 1. The van der Waals surface area contributed by atoms with Gasteiger partial charge in [-0.1, -0.05) is 127 Å². The third-order valence-electron chi connectivity index (χ3n) is 10.6. The van der Waals surface area contributed by atoms with Crippen LogP contribution in [0, 0.1) is 0 Å². The van der Waals surface area contributed by atoms with Gasteiger partial charge in [-0.05, 0) is 105 Å². The summed E-state index contributed by atoms with van der Waals surface area (Å²) in [7, 11) is 0. The average molecular weight is 705 g/mol. The normalized spacial score (nSPS) is 11.6. The maximum absolute atomic E-state index is 6.48. The summed E-state index contributed by atoms with van der Waals surface area (Å²) in [5.74, 6) is 0.631. The summed E-state index contributed by atoms with van der Waals surface area (Å²) in [5, 5.41) is 6.65. The molecule has 0 radical (unpaired) electrons. The van der Waals surface area contributed by atoms with E-state index in [0.717, 1.165) is 93.9 Å². The first-order valence-electron chi connectivity index (χ1n) is 18.5. The predicted octanol–water partition coefficient (Wildman–Crippen LogP) is 14.5. The second kappa shape index (κ2) is 12.6. The quantitative estimate of drug-likeness (QED) is 0.162. The van der Waals surface area contributed by atoms with Gasteiger partial charge in [0.25, 0.3) is 0 Å². The summed E-state index contributed by atoms with van der Waals surface area (Å²) in [5.41, 5.74) is 12.1. The van der Waals surface area contributed by atoms with Gasteiger partial charge >= 0.3 is 0 Å². The Balaban J connectivity index is 1.07. The fourth-order valence-corrected chi connectivity index (χ4v) is 8.06. The molecule has 0 amide bonds. The maximum Gasteiger partial charge on any atom is 0.227 e. The largest absolute Gasteiger partial charge is 0.456 e. The molecule has 0 bridgehead atoms. The number of hydrogen-bond acceptors (Lipinski definition) is 4. The summed E-state index contributed by atoms with van der Waals surface area (Å²) < 4.78 is 12.9. The minimum atomic E-state index is 0.631. The first kappa shape index (κ1) is 31.1. The van der Waals surface area contributed by atoms with Gasteiger partial charge in [0, 0.05) is 27.7 Å². The highest BCUT2D eigenvalue weighted by Gasteiger charge is 2.21. The molecule has 0 fully saturated rings. The lowest BCUT2D eigenvalue weighted by atomic mass is 9.96. The first-order chi connectivity index (χ1) is 27.2. The SMILES string of the molecule is c1ccc(-c2cccc(N(c3cccc(-c4ccc5c(ccc6ccc7nc(-c8ccccc8)oc7c65)c4)c3)c3cccc4oc5ccccc5c34)c2)cc1. The molecular weight excluding hydrogens is 673 g/mol. The number of nitrogens with zero attached hydrogens (tertiary/aromatic N) is 2. The van der Waals surface area contributed by atoms with Crippen molar-refractivity contribution in [1.29, 1.82) is 0 Å². The summed E-state index contributed by atoms with van der Waals surface area (Å²) in [6.45, 7) is 0. The van der Waals surface area contributed by atoms with Crippen molar-refractivity contribution in [2.45, 2.75) is 0 Å². The van der Waals surface area contributed by atoms with Crippen LogP contribution < -0.4 is 4.90 Å². The molecule has 0 aliphatic carbocycles. The van der Waals surface area contributed by atoms with E-state index in [0.29, 0.717) is 5.89 Å². The number of anilines is 3. The molecule has 0 atom stereocenters. The van der Waals surface area contributed by atoms with Crippen molar-refractivity contribution in [1.82, 2.24) is 4.98 Å². The van der Waals surface area contributed by atoms with Crippen LogP contribution in [0.2, 0.25) is 0 Å². The molecular formula is C51H32N2O2. The van der Waals surface area contributed by atoms with Crippen LogP contribution in [0.3, 0.4) is 0 Å². The van der Waals surface area contributed by atoms with E-state index < -0.39 is 0 Å². The van der Waals surface area contributed by atoms with Crippen molar-refractivity contribution >= 4 is 71.6 Å². The van der Waals surface area contributed by atoms with Gasteiger partial charge < -0.3 is 13.7 Å². The van der Waals surface area contributed by atoms with Crippen LogP contribution >= 0.6 is 0 Å². The van der Waals surface area contributed by atoms with Crippen LogP contribution in [-0.4, -0.2) is 4.98 Å². The van der Waals surface area contributed by atoms with E-state index in [4.69, 9.17) is 13.8 Å². The van der Waals surface area contributed by atoms with Crippen molar-refractivity contribution in [3.05, 3.63) is 194 Å². The molecule has 0 spiro atoms. The Labute approximate surface area is 317 Å². The molecule has 0 N–H and O–H groups in total. The molecule has 9 aromatic carbocycles. The standard InChI is InChI=1S/C51H32N2O2/c1-3-12-33(13-4-1)36-16-9-18-40(31-36)53(45-21-11-23-47-49(45)43-20-7-8-22-46(43)54-47)41-19-10-17-37(32-41)38-26-28-42-39(30-38)25-24-34-27-29-44-50(48(34)42)55-51(52-44)35-14-5-2-6-15-35/h1-32H. The van der Waals surface area contributed by atoms with Crippen LogP contribution in [0.15, 0.2) is 203 Å². The third kappa shape index (κ3) is 5.26. The predicted molar refractivity (Wildman–Crippen MR) is 227 cm³/mol. The molecule has 258 valence electrons. The van der Waals surface area contributed by atoms with Gasteiger partial charge in [0.1, 0.15) is 16.7 Å². The van der Waals surface area contributed by atoms with Crippen LogP contribution in [0.4, 0.5) is 17.1 Å². The Kier molecular flexibility index (Phi) is 7.14. The highest BCUT2D eigenvalue weighted by Crippen LogP contribution is 2.45. The molecule has 2 aromatic heterocycles. The molecule has 0 aliphatic heterocycles. The van der Waals surface area contributed by atoms with E-state index in [1.54, 1.807) is 0 Å². The number of fused-ring (bicyclic) bond motifs is 8. The molecule has 0 saturated carbocycles. The van der Waals surface area contributed by atoms with Crippen molar-refractivity contribution in [2.24, 2.45) is 0 Å². The molecule has 0 aliphatic rings. The Morgan fingerprint density at radius 3 is 1.80 bits per heavy atom. The lowest BCUT2D eigenvalue weighted by molar-refractivity contribution is 0.623. The van der Waals surface area contributed by atoms with Gasteiger partial charge in [-0.2, -0.15) is 0 Å². The van der Waals surface area contributed by atoms with E-state index >= 15 is 0 Å². The number of aromatic nitrogens is 1. The fourth-order valence-electron chi connectivity index (χ4n) is 8.06. The van der Waals surface area contributed by atoms with Crippen LogP contribution in [0.5, 0.6) is 0 Å². The van der Waals surface area contributed by atoms with Crippen molar-refractivity contribution in [3.63, 3.8) is 0 Å². The number of para-hydroxylation sites is 1. The van der Waals surface area contributed by atoms with Gasteiger partial charge in [-0.15, -0.1) is 0 Å². The van der Waals surface area contributed by atoms with Gasteiger partial charge in [0.15, 0.2) is 5.58 Å². The molecule has 0 saturated heterocycles. The number of hydrogen-bond donors (Lipinski definition) is 0. The Morgan fingerprint density at radius 2 is 1.00 bits per heavy atom. The summed E-state index contributed by atoms with van der Waals surface area (Å²) in [6, 6.07) is 68.2. The Bertz CT molecular complexity index is 3220. The van der Waals surface area contributed by atoms with Crippen molar-refractivity contribution in [2.75, 3.05) is 4.90 Å². The van der Waals surface area contributed by atoms with E-state index in [-0.39, 0.29) is 0 Å². The van der Waals surface area contributed by atoms with Crippen molar-refractivity contribution in [3.8, 4) is 33.7 Å². The Morgan fingerprint density at radius 1 is 0.382 bits per heavy atom. The second-order valence-electron chi connectivity index (χ2n) is 13.9. The molecule has 55 heavy (non-hydrogen) atoms. The topological polar surface area (TPSA) is 42.4 Å². The monoisotopic (exact) mass is 704 g/mol. The fraction of sp³-hybridized carbons (Fsp3) is 0. The van der Waals surface area contributed by atoms with Crippen LogP contribution in [0.25, 0.3) is 88.3 Å². The first-order valence-corrected chi connectivity index (χ1v) is 18.5. The highest BCUT2D eigenvalue weighted by atomic mass is 16.3. The smallest absolute Gasteiger partial charge is 0.227 e. The minimum absolute atomic E-state index is 0.631. The highest BCUT2D eigenvalue weighted by molar-refractivity contribution is 6.18. The molecule has 11 aromatic rings. The average Bonchev–Trinajstić information content (AvgIpc) is 3.87. The zero-order valence-corrected chi connectivity index (χ0v) is 29.7. The van der Waals surface area contributed by atoms with Crippen LogP contribution in [0.1, 0.15) is 0 Å². The lowest BCUT2D eigenvalue weighted by Gasteiger charge is -2.27. The van der Waals surface area contributed by atoms with Gasteiger partial charge in [-0.3, -0.25) is 0 Å². The maximum atomic E-state index is 6.48. The number of benzene rings is 9. The second-order valence-corrected chi connectivity index (χ2v) is 13.9. The summed E-state index contributed by atoms with van der Waals surface area (Å²) in [6.07, 6.45) is 0. The zero-order chi connectivity index (χ0) is 36.3. The molecule has 0 unspecified atom stereocenters. The zero-order valence-electron chi connectivity index (χ0n) is 29.7. The van der Waals surface area contributed by atoms with E-state index in [1.165, 1.54) is 5.56 Å². The molecule has 11 rings (SSSR count). The van der Waals surface area contributed by atoms with Crippen LogP contribution in [-0.2, 0) is 0 Å². The van der Waals surface area contributed by atoms with E-state index in [1.807, 2.05) is 48.5 Å². The Hall–Kier alpha value is -7.43. The third-order valence-corrected chi connectivity index (χ3v) is 10.6. The van der Waals surface area contributed by atoms with E-state index in [9.17, 15) is 0 Å². The van der Waals surface area contributed by atoms with Gasteiger partial charge in [0.2, 0.25) is 5.89 Å².